The molecule has 12 nitrogen and oxygen atoms in total. The van der Waals surface area contributed by atoms with Gasteiger partial charge in [0, 0.05) is 29.7 Å². The minimum absolute atomic E-state index is 0. The van der Waals surface area contributed by atoms with E-state index in [9.17, 15) is 18.7 Å². The molecule has 0 bridgehead atoms. The molecule has 0 spiro atoms. The van der Waals surface area contributed by atoms with E-state index in [0.29, 0.717) is 31.2 Å². The van der Waals surface area contributed by atoms with Crippen LogP contribution in [0.1, 0.15) is 136 Å². The number of aldehydes is 1. The van der Waals surface area contributed by atoms with Gasteiger partial charge in [0.2, 0.25) is 0 Å². The summed E-state index contributed by atoms with van der Waals surface area (Å²) in [6.07, 6.45) is 3.53. The van der Waals surface area contributed by atoms with Crippen molar-refractivity contribution >= 4 is 6.29 Å². The average molecular weight is 777 g/mol. The smallest absolute Gasteiger partial charge is 0.152 e. The van der Waals surface area contributed by atoms with E-state index in [4.69, 9.17) is 9.97 Å². The number of carbonyl (C=O) groups is 1. The van der Waals surface area contributed by atoms with Gasteiger partial charge in [-0.3, -0.25) is 14.8 Å². The summed E-state index contributed by atoms with van der Waals surface area (Å²) in [5.74, 6) is 1.18. The first-order valence-electron chi connectivity index (χ1n) is 19.0. The fourth-order valence-corrected chi connectivity index (χ4v) is 8.21. The van der Waals surface area contributed by atoms with Crippen molar-refractivity contribution in [3.8, 4) is 22.3 Å². The number of tetrazole rings is 2. The van der Waals surface area contributed by atoms with Crippen molar-refractivity contribution in [3.05, 3.63) is 117 Å². The number of benzene rings is 2. The fraction of sp³-hybridized carbons (Fsp3) is 0.419. The molecule has 2 aliphatic heterocycles. The molecule has 4 aromatic heterocycles. The van der Waals surface area contributed by atoms with E-state index in [1.807, 2.05) is 37.1 Å². The van der Waals surface area contributed by atoms with Gasteiger partial charge in [-0.2, -0.15) is 0 Å². The van der Waals surface area contributed by atoms with Crippen LogP contribution in [0.25, 0.3) is 22.3 Å². The molecular weight excluding hydrogens is 727 g/mol. The third-order valence-electron chi connectivity index (χ3n) is 10.9. The quantitative estimate of drug-likeness (QED) is 0.167. The second-order valence-corrected chi connectivity index (χ2v) is 16.0. The van der Waals surface area contributed by atoms with Crippen molar-refractivity contribution in [2.24, 2.45) is 0 Å². The minimum Gasteiger partial charge on any atom is -0.392 e. The first kappa shape index (κ1) is 41.0. The highest BCUT2D eigenvalue weighted by Crippen LogP contribution is 2.42. The Morgan fingerprint density at radius 1 is 0.684 bits per heavy atom. The zero-order chi connectivity index (χ0) is 40.1. The third-order valence-corrected chi connectivity index (χ3v) is 10.9. The van der Waals surface area contributed by atoms with Gasteiger partial charge >= 0.3 is 0 Å². The number of pyridine rings is 2. The molecule has 0 amide bonds. The first-order valence-corrected chi connectivity index (χ1v) is 19.0. The highest BCUT2D eigenvalue weighted by Gasteiger charge is 2.38. The van der Waals surface area contributed by atoms with Gasteiger partial charge in [0.25, 0.3) is 0 Å². The predicted octanol–water partition coefficient (Wildman–Crippen LogP) is 7.70. The maximum Gasteiger partial charge on any atom is 0.152 e. The van der Waals surface area contributed by atoms with Gasteiger partial charge in [0.1, 0.15) is 22.7 Å². The average Bonchev–Trinajstić information content (AvgIpc) is 3.83. The van der Waals surface area contributed by atoms with Gasteiger partial charge in [-0.1, -0.05) is 59.4 Å². The van der Waals surface area contributed by atoms with E-state index < -0.39 is 11.1 Å². The summed E-state index contributed by atoms with van der Waals surface area (Å²) < 4.78 is 30.8. The monoisotopic (exact) mass is 776 g/mol. The Bertz CT molecular complexity index is 2420. The highest BCUT2D eigenvalue weighted by molar-refractivity contribution is 5.91. The summed E-state index contributed by atoms with van der Waals surface area (Å²) >= 11 is 0. The molecule has 0 aliphatic carbocycles. The van der Waals surface area contributed by atoms with Crippen LogP contribution in [-0.4, -0.2) is 61.8 Å². The lowest BCUT2D eigenvalue weighted by Crippen LogP contribution is -2.32. The van der Waals surface area contributed by atoms with Gasteiger partial charge in [-0.15, -0.1) is 10.2 Å². The van der Waals surface area contributed by atoms with E-state index in [0.717, 1.165) is 79.7 Å². The molecule has 0 unspecified atom stereocenters. The number of fused-ring (bicyclic) bond motifs is 4. The molecule has 8 rings (SSSR count). The Labute approximate surface area is 331 Å². The van der Waals surface area contributed by atoms with Gasteiger partial charge in [-0.05, 0) is 131 Å². The zero-order valence-corrected chi connectivity index (χ0v) is 33.0. The third kappa shape index (κ3) is 7.15. The molecule has 0 atom stereocenters. The number of carbonyl (C=O) groups excluding carboxylic acids is 1. The van der Waals surface area contributed by atoms with Gasteiger partial charge < -0.3 is 5.11 Å². The summed E-state index contributed by atoms with van der Waals surface area (Å²) in [7, 11) is 0. The fourth-order valence-electron chi connectivity index (χ4n) is 8.21. The maximum atomic E-state index is 13.6. The summed E-state index contributed by atoms with van der Waals surface area (Å²) in [6, 6.07) is 12.7. The second-order valence-electron chi connectivity index (χ2n) is 16.0. The van der Waals surface area contributed by atoms with Crippen LogP contribution in [0.15, 0.2) is 48.5 Å². The van der Waals surface area contributed by atoms with Crippen molar-refractivity contribution in [2.75, 3.05) is 0 Å². The number of rotatable bonds is 6. The number of nitrogens with zero attached hydrogens (tertiary/aromatic N) is 10. The van der Waals surface area contributed by atoms with E-state index in [-0.39, 0.29) is 37.5 Å². The predicted molar refractivity (Wildman–Crippen MR) is 213 cm³/mol. The minimum atomic E-state index is -0.579. The van der Waals surface area contributed by atoms with Crippen molar-refractivity contribution in [1.82, 2.24) is 50.4 Å². The Balaban J connectivity index is 0.000000189. The summed E-state index contributed by atoms with van der Waals surface area (Å²) in [4.78, 5) is 22.1. The normalized spacial score (nSPS) is 14.9. The Hall–Kier alpha value is -5.63. The molecule has 6 heterocycles. The molecule has 0 saturated heterocycles. The van der Waals surface area contributed by atoms with Crippen LogP contribution in [-0.2, 0) is 43.4 Å². The van der Waals surface area contributed by atoms with Crippen molar-refractivity contribution in [1.29, 1.82) is 0 Å². The van der Waals surface area contributed by atoms with E-state index >= 15 is 0 Å². The molecule has 6 aromatic rings. The SMILES string of the molecule is C.CC(C)c1nc2c(c(-c3ccc(F)cc3)c1C=O)CCc1nnnn1C2(C)C.CC(C)c1nc2c(c(-c3ccc(F)cc3)c1CO)CCc1nnnn1C2(C)C. The molecule has 0 fully saturated rings. The topological polar surface area (TPSA) is 150 Å². The van der Waals surface area contributed by atoms with Gasteiger partial charge in [0.05, 0.1) is 23.7 Å². The molecular formula is C43H50F2N10O2. The van der Waals surface area contributed by atoms with Gasteiger partial charge in [-0.25, -0.2) is 18.1 Å². The molecule has 1 N–H and O–H groups in total. The highest BCUT2D eigenvalue weighted by atomic mass is 19.1. The number of halogens is 2. The van der Waals surface area contributed by atoms with E-state index in [1.54, 1.807) is 24.3 Å². The number of hydrogen-bond donors (Lipinski definition) is 1. The van der Waals surface area contributed by atoms with Crippen molar-refractivity contribution in [2.45, 2.75) is 118 Å². The molecule has 0 radical (unpaired) electrons. The summed E-state index contributed by atoms with van der Waals surface area (Å²) in [5.41, 5.74) is 9.10. The van der Waals surface area contributed by atoms with Crippen LogP contribution >= 0.6 is 0 Å². The second kappa shape index (κ2) is 15.7. The maximum absolute atomic E-state index is 13.6. The van der Waals surface area contributed by atoms with Crippen LogP contribution in [0.2, 0.25) is 0 Å². The van der Waals surface area contributed by atoms with Crippen LogP contribution in [0.5, 0.6) is 0 Å². The Morgan fingerprint density at radius 2 is 1.11 bits per heavy atom. The molecule has 57 heavy (non-hydrogen) atoms. The number of hydrogen-bond acceptors (Lipinski definition) is 10. The molecule has 2 aliphatic rings. The molecule has 14 heteroatoms. The van der Waals surface area contributed by atoms with Crippen LogP contribution in [0.4, 0.5) is 8.78 Å². The van der Waals surface area contributed by atoms with Crippen molar-refractivity contribution in [3.63, 3.8) is 0 Å². The van der Waals surface area contributed by atoms with Crippen molar-refractivity contribution < 1.29 is 18.7 Å². The summed E-state index contributed by atoms with van der Waals surface area (Å²) in [6.45, 7) is 16.2. The Kier molecular flexibility index (Phi) is 11.3. The number of aliphatic hydroxyl groups excluding tert-OH is 1. The standard InChI is InChI=1S/C21H24FN5O.C21H22FN5O.CH4/c2*1-12(2)19-16(11-28)18(13-5-7-14(22)8-6-13)15-9-10-17-24-25-26-27(17)21(3,4)20(15)23-19;/h5-8,12,28H,9-11H2,1-4H3;5-8,11-12H,9-10H2,1-4H3;1H4. The molecule has 2 aromatic carbocycles. The number of aromatic nitrogens is 10. The zero-order valence-electron chi connectivity index (χ0n) is 33.0. The number of aryl methyl sites for hydroxylation is 2. The van der Waals surface area contributed by atoms with Crippen LogP contribution in [0.3, 0.4) is 0 Å². The van der Waals surface area contributed by atoms with E-state index in [1.165, 1.54) is 24.3 Å². The lowest BCUT2D eigenvalue weighted by Gasteiger charge is -2.29. The van der Waals surface area contributed by atoms with Gasteiger partial charge in [0.15, 0.2) is 17.9 Å². The first-order chi connectivity index (χ1) is 26.7. The lowest BCUT2D eigenvalue weighted by molar-refractivity contribution is 0.112. The Morgan fingerprint density at radius 3 is 1.53 bits per heavy atom. The molecule has 0 saturated carbocycles. The molecule has 298 valence electrons. The summed E-state index contributed by atoms with van der Waals surface area (Å²) in [5, 5.41) is 34.7. The van der Waals surface area contributed by atoms with Crippen LogP contribution in [0, 0.1) is 11.6 Å². The van der Waals surface area contributed by atoms with Crippen LogP contribution < -0.4 is 0 Å². The lowest BCUT2D eigenvalue weighted by atomic mass is 9.84. The largest absolute Gasteiger partial charge is 0.392 e. The number of aliphatic hydroxyl groups is 1. The van der Waals surface area contributed by atoms with E-state index in [2.05, 4.69) is 58.7 Å².